The molecule has 2 heterocycles. The molecule has 0 unspecified atom stereocenters. The molecule has 0 amide bonds. The first kappa shape index (κ1) is 12.7. The first-order chi connectivity index (χ1) is 8.66. The van der Waals surface area contributed by atoms with Crippen molar-refractivity contribution in [2.45, 2.75) is 11.8 Å². The highest BCUT2D eigenvalue weighted by Gasteiger charge is 2.14. The van der Waals surface area contributed by atoms with Crippen LogP contribution in [0.1, 0.15) is 5.89 Å². The van der Waals surface area contributed by atoms with E-state index in [0.717, 1.165) is 0 Å². The van der Waals surface area contributed by atoms with Gasteiger partial charge in [0.2, 0.25) is 5.89 Å². The lowest BCUT2D eigenvalue weighted by atomic mass is 10.4. The van der Waals surface area contributed by atoms with Crippen LogP contribution in [0, 0.1) is 0 Å². The summed E-state index contributed by atoms with van der Waals surface area (Å²) in [6.07, 6.45) is 1.51. The van der Waals surface area contributed by atoms with E-state index in [4.69, 9.17) is 19.7 Å². The van der Waals surface area contributed by atoms with Crippen molar-refractivity contribution in [2.24, 2.45) is 5.73 Å². The average molecular weight is 269 g/mol. The molecule has 3 N–H and O–H groups in total. The second kappa shape index (κ2) is 5.69. The van der Waals surface area contributed by atoms with Crippen LogP contribution in [0.4, 0.5) is 0 Å². The highest BCUT2D eigenvalue weighted by Crippen LogP contribution is 2.20. The molecular weight excluding hydrogens is 258 g/mol. The predicted octanol–water partition coefficient (Wildman–Crippen LogP) is 0.975. The summed E-state index contributed by atoms with van der Waals surface area (Å²) in [5.41, 5.74) is 5.36. The minimum Gasteiger partial charge on any atom is -0.480 e. The van der Waals surface area contributed by atoms with Gasteiger partial charge in [-0.3, -0.25) is 4.79 Å². The summed E-state index contributed by atoms with van der Waals surface area (Å²) in [4.78, 5) is 10.5. The molecule has 0 saturated heterocycles. The lowest BCUT2D eigenvalue weighted by molar-refractivity contribution is -0.137. The Balaban J connectivity index is 1.86. The van der Waals surface area contributed by atoms with E-state index in [-0.39, 0.29) is 5.75 Å². The van der Waals surface area contributed by atoms with E-state index in [0.29, 0.717) is 23.3 Å². The van der Waals surface area contributed by atoms with Crippen molar-refractivity contribution in [1.82, 2.24) is 10.2 Å². The van der Waals surface area contributed by atoms with Crippen molar-refractivity contribution >= 4 is 17.7 Å². The van der Waals surface area contributed by atoms with Gasteiger partial charge < -0.3 is 19.7 Å². The number of thioether (sulfide) groups is 1. The fourth-order valence-electron chi connectivity index (χ4n) is 1.16. The molecule has 7 nitrogen and oxygen atoms in total. The van der Waals surface area contributed by atoms with Crippen LogP contribution in [0.3, 0.4) is 0 Å². The molecule has 0 bridgehead atoms. The zero-order chi connectivity index (χ0) is 13.0. The monoisotopic (exact) mass is 269 g/mol. The van der Waals surface area contributed by atoms with Gasteiger partial charge in [-0.1, -0.05) is 0 Å². The zero-order valence-corrected chi connectivity index (χ0v) is 10.1. The third-order valence-corrected chi connectivity index (χ3v) is 3.08. The number of aromatic nitrogens is 2. The molecule has 0 fully saturated rings. The number of rotatable bonds is 6. The number of nitrogens with two attached hydrogens (primary N) is 1. The number of aliphatic carboxylic acids is 1. The minimum absolute atomic E-state index is 0.286. The van der Waals surface area contributed by atoms with E-state index in [1.165, 1.54) is 18.0 Å². The smallest absolute Gasteiger partial charge is 0.321 e. The van der Waals surface area contributed by atoms with E-state index < -0.39 is 12.0 Å². The fourth-order valence-corrected chi connectivity index (χ4v) is 1.96. The van der Waals surface area contributed by atoms with Gasteiger partial charge in [-0.25, -0.2) is 0 Å². The molecule has 0 aliphatic carbocycles. The van der Waals surface area contributed by atoms with E-state index in [9.17, 15) is 4.79 Å². The number of carbonyl (C=O) groups is 1. The molecule has 0 radical (unpaired) electrons. The molecule has 0 aromatic carbocycles. The Hall–Kier alpha value is -1.80. The number of hydrogen-bond donors (Lipinski definition) is 2. The van der Waals surface area contributed by atoms with Crippen LogP contribution in [0.5, 0.6) is 0 Å². The first-order valence-corrected chi connectivity index (χ1v) is 6.24. The number of nitrogens with zero attached hydrogens (tertiary/aromatic N) is 2. The SMILES string of the molecule is N[C@@H](CSCc1nnc(-c2ccco2)o1)C(=O)O. The Labute approximate surface area is 106 Å². The van der Waals surface area contributed by atoms with Crippen molar-refractivity contribution in [1.29, 1.82) is 0 Å². The van der Waals surface area contributed by atoms with Gasteiger partial charge in [-0.05, 0) is 12.1 Å². The molecule has 96 valence electrons. The quantitative estimate of drug-likeness (QED) is 0.797. The molecule has 1 atom stereocenters. The predicted molar refractivity (Wildman–Crippen MR) is 63.8 cm³/mol. The minimum atomic E-state index is -1.02. The number of hydrogen-bond acceptors (Lipinski definition) is 7. The molecule has 0 saturated carbocycles. The summed E-state index contributed by atoms with van der Waals surface area (Å²) in [6.45, 7) is 0. The van der Waals surface area contributed by atoms with E-state index in [1.54, 1.807) is 12.1 Å². The zero-order valence-electron chi connectivity index (χ0n) is 9.28. The van der Waals surface area contributed by atoms with Crippen molar-refractivity contribution in [2.75, 3.05) is 5.75 Å². The highest BCUT2D eigenvalue weighted by molar-refractivity contribution is 7.98. The number of carboxylic acids is 1. The van der Waals surface area contributed by atoms with E-state index >= 15 is 0 Å². The van der Waals surface area contributed by atoms with E-state index in [2.05, 4.69) is 10.2 Å². The molecule has 2 aromatic rings. The molecule has 0 aliphatic rings. The van der Waals surface area contributed by atoms with Crippen molar-refractivity contribution in [3.63, 3.8) is 0 Å². The van der Waals surface area contributed by atoms with Gasteiger partial charge in [0.1, 0.15) is 6.04 Å². The second-order valence-electron chi connectivity index (χ2n) is 3.44. The lowest BCUT2D eigenvalue weighted by Crippen LogP contribution is -2.32. The molecule has 18 heavy (non-hydrogen) atoms. The number of carboxylic acid groups (broad SMARTS) is 1. The van der Waals surface area contributed by atoms with Crippen LogP contribution in [0.15, 0.2) is 27.2 Å². The molecule has 0 aliphatic heterocycles. The molecule has 0 spiro atoms. The third-order valence-electron chi connectivity index (χ3n) is 2.04. The van der Waals surface area contributed by atoms with Gasteiger partial charge in [-0.15, -0.1) is 22.0 Å². The van der Waals surface area contributed by atoms with Gasteiger partial charge >= 0.3 is 5.97 Å². The van der Waals surface area contributed by atoms with Gasteiger partial charge in [0.25, 0.3) is 5.89 Å². The maximum Gasteiger partial charge on any atom is 0.321 e. The summed E-state index contributed by atoms with van der Waals surface area (Å²) in [5.74, 6) is 0.884. The third kappa shape index (κ3) is 3.11. The summed E-state index contributed by atoms with van der Waals surface area (Å²) < 4.78 is 10.5. The maximum atomic E-state index is 10.5. The Morgan fingerprint density at radius 1 is 1.56 bits per heavy atom. The maximum absolute atomic E-state index is 10.5. The van der Waals surface area contributed by atoms with Crippen LogP contribution >= 0.6 is 11.8 Å². The molecular formula is C10H11N3O4S. The summed E-state index contributed by atoms with van der Waals surface area (Å²) in [5, 5.41) is 16.3. The molecule has 2 rings (SSSR count). The van der Waals surface area contributed by atoms with Gasteiger partial charge in [-0.2, -0.15) is 0 Å². The van der Waals surface area contributed by atoms with E-state index in [1.807, 2.05) is 0 Å². The summed E-state index contributed by atoms with van der Waals surface area (Å²) >= 11 is 1.32. The number of furan rings is 1. The normalized spacial score (nSPS) is 12.5. The second-order valence-corrected chi connectivity index (χ2v) is 4.47. The Kier molecular flexibility index (Phi) is 4.00. The van der Waals surface area contributed by atoms with Crippen LogP contribution < -0.4 is 5.73 Å². The Morgan fingerprint density at radius 2 is 2.39 bits per heavy atom. The summed E-state index contributed by atoms with van der Waals surface area (Å²) in [6, 6.07) is 2.55. The van der Waals surface area contributed by atoms with Crippen LogP contribution in [-0.4, -0.2) is 33.1 Å². The highest BCUT2D eigenvalue weighted by atomic mass is 32.2. The van der Waals surface area contributed by atoms with Crippen molar-refractivity contribution < 1.29 is 18.7 Å². The van der Waals surface area contributed by atoms with Gasteiger partial charge in [0.15, 0.2) is 5.76 Å². The van der Waals surface area contributed by atoms with Crippen molar-refractivity contribution in [3.05, 3.63) is 24.3 Å². The first-order valence-electron chi connectivity index (χ1n) is 5.09. The van der Waals surface area contributed by atoms with Gasteiger partial charge in [0.05, 0.1) is 12.0 Å². The molecule has 2 aromatic heterocycles. The average Bonchev–Trinajstić information content (AvgIpc) is 2.98. The largest absolute Gasteiger partial charge is 0.480 e. The van der Waals surface area contributed by atoms with Crippen LogP contribution in [0.2, 0.25) is 0 Å². The standard InChI is InChI=1S/C10H11N3O4S/c11-6(10(14)15)4-18-5-8-12-13-9(17-8)7-2-1-3-16-7/h1-3,6H,4-5,11H2,(H,14,15)/t6-/m0/s1. The van der Waals surface area contributed by atoms with Crippen LogP contribution in [-0.2, 0) is 10.5 Å². The summed E-state index contributed by atoms with van der Waals surface area (Å²) in [7, 11) is 0. The lowest BCUT2D eigenvalue weighted by Gasteiger charge is -2.03. The fraction of sp³-hybridized carbons (Fsp3) is 0.300. The molecule has 8 heteroatoms. The Morgan fingerprint density at radius 3 is 3.06 bits per heavy atom. The topological polar surface area (TPSA) is 115 Å². The van der Waals surface area contributed by atoms with Gasteiger partial charge in [0, 0.05) is 5.75 Å². The van der Waals surface area contributed by atoms with Crippen molar-refractivity contribution in [3.8, 4) is 11.7 Å². The Bertz CT molecular complexity index is 511. The van der Waals surface area contributed by atoms with Crippen LogP contribution in [0.25, 0.3) is 11.7 Å².